The Morgan fingerprint density at radius 1 is 1.58 bits per heavy atom. The average molecular weight is 392 g/mol. The maximum Gasteiger partial charge on any atom is 0.320 e. The second-order valence-corrected chi connectivity index (χ2v) is 7.52. The van der Waals surface area contributed by atoms with Gasteiger partial charge in [0.15, 0.2) is 10.6 Å². The van der Waals surface area contributed by atoms with Crippen molar-refractivity contribution in [2.75, 3.05) is 26.0 Å². The second-order valence-electron chi connectivity index (χ2n) is 5.85. The number of thioether (sulfide) groups is 1. The van der Waals surface area contributed by atoms with Crippen LogP contribution in [0, 0.1) is 4.77 Å². The van der Waals surface area contributed by atoms with Gasteiger partial charge >= 0.3 is 5.97 Å². The second kappa shape index (κ2) is 8.61. The third-order valence-corrected chi connectivity index (χ3v) is 5.70. The van der Waals surface area contributed by atoms with Crippen LogP contribution in [0.4, 0.5) is 0 Å². The third kappa shape index (κ3) is 4.05. The highest BCUT2D eigenvalue weighted by molar-refractivity contribution is 8.00. The lowest BCUT2D eigenvalue weighted by Gasteiger charge is -2.30. The fourth-order valence-electron chi connectivity index (χ4n) is 2.83. The molecule has 0 aromatic carbocycles. The molecule has 138 valence electrons. The molecule has 7 nitrogen and oxygen atoms in total. The molecule has 0 N–H and O–H groups in total. The third-order valence-electron chi connectivity index (χ3n) is 4.10. The Bertz CT molecular complexity index is 833. The topological polar surface area (TPSA) is 65.2 Å². The molecule has 2 aromatic heterocycles. The van der Waals surface area contributed by atoms with E-state index in [1.54, 1.807) is 34.9 Å². The highest BCUT2D eigenvalue weighted by atomic mass is 32.2. The minimum Gasteiger partial charge on any atom is -0.468 e. The summed E-state index contributed by atoms with van der Waals surface area (Å²) in [6.07, 6.45) is 5.30. The van der Waals surface area contributed by atoms with Crippen molar-refractivity contribution < 1.29 is 9.53 Å². The molecular formula is C17H21N5O2S2. The first-order valence-electron chi connectivity index (χ1n) is 8.24. The summed E-state index contributed by atoms with van der Waals surface area (Å²) in [6.45, 7) is 6.41. The molecule has 0 aliphatic carbocycles. The molecule has 1 aliphatic rings. The first-order chi connectivity index (χ1) is 12.6. The fourth-order valence-corrected chi connectivity index (χ4v) is 4.29. The molecule has 0 spiro atoms. The summed E-state index contributed by atoms with van der Waals surface area (Å²) in [4.78, 5) is 18.2. The zero-order chi connectivity index (χ0) is 18.5. The van der Waals surface area contributed by atoms with Gasteiger partial charge < -0.3 is 4.74 Å². The minimum atomic E-state index is -0.184. The number of pyridine rings is 1. The summed E-state index contributed by atoms with van der Waals surface area (Å²) >= 11 is 7.25. The van der Waals surface area contributed by atoms with Gasteiger partial charge in [0, 0.05) is 43.3 Å². The molecule has 3 rings (SSSR count). The fraction of sp³-hybridized carbons (Fsp3) is 0.412. The van der Waals surface area contributed by atoms with E-state index >= 15 is 0 Å². The van der Waals surface area contributed by atoms with Gasteiger partial charge in [-0.05, 0) is 24.4 Å². The molecule has 2 aromatic rings. The Hall–Kier alpha value is -1.97. The quantitative estimate of drug-likeness (QED) is 0.425. The lowest BCUT2D eigenvalue weighted by molar-refractivity contribution is -0.140. The molecule has 1 atom stereocenters. The van der Waals surface area contributed by atoms with E-state index in [9.17, 15) is 4.79 Å². The van der Waals surface area contributed by atoms with Crippen LogP contribution >= 0.6 is 24.0 Å². The van der Waals surface area contributed by atoms with E-state index in [1.807, 2.05) is 16.7 Å². The molecule has 1 aliphatic heterocycles. The molecule has 0 bridgehead atoms. The van der Waals surface area contributed by atoms with Crippen molar-refractivity contribution in [3.05, 3.63) is 42.0 Å². The first kappa shape index (κ1) is 18.8. The van der Waals surface area contributed by atoms with Crippen LogP contribution in [0.3, 0.4) is 0 Å². The Morgan fingerprint density at radius 3 is 3.12 bits per heavy atom. The van der Waals surface area contributed by atoms with E-state index in [1.165, 1.54) is 7.11 Å². The van der Waals surface area contributed by atoms with Crippen LogP contribution in [0.2, 0.25) is 0 Å². The van der Waals surface area contributed by atoms with Gasteiger partial charge in [-0.1, -0.05) is 6.08 Å². The van der Waals surface area contributed by atoms with Crippen molar-refractivity contribution in [1.82, 2.24) is 24.2 Å². The number of methoxy groups -OCH3 is 1. The van der Waals surface area contributed by atoms with E-state index in [2.05, 4.69) is 16.5 Å². The van der Waals surface area contributed by atoms with E-state index in [0.717, 1.165) is 23.7 Å². The lowest BCUT2D eigenvalue weighted by Crippen LogP contribution is -2.42. The van der Waals surface area contributed by atoms with Crippen LogP contribution in [-0.2, 0) is 22.7 Å². The number of aromatic nitrogens is 4. The summed E-state index contributed by atoms with van der Waals surface area (Å²) in [5.74, 6) is 1.45. The molecule has 0 saturated carbocycles. The molecule has 0 unspecified atom stereocenters. The summed E-state index contributed by atoms with van der Waals surface area (Å²) in [5.41, 5.74) is 0.904. The summed E-state index contributed by atoms with van der Waals surface area (Å²) < 4.78 is 9.23. The number of hydrogen-bond donors (Lipinski definition) is 0. The van der Waals surface area contributed by atoms with Crippen LogP contribution < -0.4 is 0 Å². The Morgan fingerprint density at radius 2 is 2.42 bits per heavy atom. The lowest BCUT2D eigenvalue weighted by atomic mass is 10.3. The normalized spacial score (nSPS) is 17.8. The summed E-state index contributed by atoms with van der Waals surface area (Å²) in [5, 5.41) is 4.54. The molecule has 0 amide bonds. The van der Waals surface area contributed by atoms with Gasteiger partial charge in [-0.2, -0.15) is 5.10 Å². The Balaban J connectivity index is 1.85. The highest BCUT2D eigenvalue weighted by Gasteiger charge is 2.27. The molecule has 26 heavy (non-hydrogen) atoms. The van der Waals surface area contributed by atoms with Crippen LogP contribution in [-0.4, -0.2) is 61.4 Å². The van der Waals surface area contributed by atoms with Crippen LogP contribution in [0.5, 0.6) is 0 Å². The Kier molecular flexibility index (Phi) is 6.23. The molecule has 9 heteroatoms. The van der Waals surface area contributed by atoms with E-state index in [-0.39, 0.29) is 11.2 Å². The predicted octanol–water partition coefficient (Wildman–Crippen LogP) is 2.21. The molecule has 0 radical (unpaired) electrons. The van der Waals surface area contributed by atoms with Gasteiger partial charge in [-0.25, -0.2) is 4.68 Å². The van der Waals surface area contributed by atoms with Crippen LogP contribution in [0.25, 0.3) is 11.4 Å². The maximum absolute atomic E-state index is 11.8. The first-order valence-corrected chi connectivity index (χ1v) is 9.70. The van der Waals surface area contributed by atoms with Gasteiger partial charge in [0.2, 0.25) is 0 Å². The number of hydrogen-bond acceptors (Lipinski definition) is 7. The van der Waals surface area contributed by atoms with Gasteiger partial charge in [0.25, 0.3) is 0 Å². The number of carbonyl (C=O) groups is 1. The van der Waals surface area contributed by atoms with Crippen molar-refractivity contribution in [3.63, 3.8) is 0 Å². The molecule has 1 saturated heterocycles. The maximum atomic E-state index is 11.8. The zero-order valence-electron chi connectivity index (χ0n) is 14.6. The number of nitrogens with zero attached hydrogens (tertiary/aromatic N) is 5. The van der Waals surface area contributed by atoms with Crippen molar-refractivity contribution >= 4 is 29.9 Å². The predicted molar refractivity (Wildman–Crippen MR) is 104 cm³/mol. The van der Waals surface area contributed by atoms with Crippen LogP contribution in [0.15, 0.2) is 37.2 Å². The van der Waals surface area contributed by atoms with Gasteiger partial charge in [-0.15, -0.1) is 18.3 Å². The highest BCUT2D eigenvalue weighted by Crippen LogP contribution is 2.21. The van der Waals surface area contributed by atoms with Gasteiger partial charge in [0.05, 0.1) is 13.8 Å². The summed E-state index contributed by atoms with van der Waals surface area (Å²) in [7, 11) is 1.43. The smallest absolute Gasteiger partial charge is 0.320 e. The van der Waals surface area contributed by atoms with Crippen molar-refractivity contribution in [2.24, 2.45) is 0 Å². The number of esters is 1. The largest absolute Gasteiger partial charge is 0.468 e. The number of ether oxygens (including phenoxy) is 1. The van der Waals surface area contributed by atoms with E-state index < -0.39 is 0 Å². The van der Waals surface area contributed by atoms with E-state index in [0.29, 0.717) is 24.5 Å². The van der Waals surface area contributed by atoms with Gasteiger partial charge in [-0.3, -0.25) is 19.2 Å². The van der Waals surface area contributed by atoms with E-state index in [4.69, 9.17) is 22.1 Å². The standard InChI is InChI=1S/C17H21N5O2S2/c1-3-7-21-15(13-5-4-6-18-10-13)19-22(17(21)25)12-20-8-9-26-14(11-20)16(23)24-2/h3-6,10,14H,1,7-9,11-12H2,2H3/t14-/m1/s1. The average Bonchev–Trinajstić information content (AvgIpc) is 2.98. The zero-order valence-corrected chi connectivity index (χ0v) is 16.2. The SMILES string of the molecule is C=CCn1c(-c2cccnc2)nn(CN2CCS[C@@H](C(=O)OC)C2)c1=S. The number of rotatable bonds is 6. The molecular weight excluding hydrogens is 370 g/mol. The number of allylic oxidation sites excluding steroid dienone is 1. The minimum absolute atomic E-state index is 0.170. The van der Waals surface area contributed by atoms with Gasteiger partial charge in [0.1, 0.15) is 5.25 Å². The van der Waals surface area contributed by atoms with Crippen molar-refractivity contribution in [2.45, 2.75) is 18.5 Å². The molecule has 1 fully saturated rings. The Labute approximate surface area is 161 Å². The number of carbonyl (C=O) groups excluding carboxylic acids is 1. The monoisotopic (exact) mass is 391 g/mol. The van der Waals surface area contributed by atoms with Crippen molar-refractivity contribution in [1.29, 1.82) is 0 Å². The van der Waals surface area contributed by atoms with Crippen LogP contribution in [0.1, 0.15) is 0 Å². The van der Waals surface area contributed by atoms with Crippen molar-refractivity contribution in [3.8, 4) is 11.4 Å². The molecule has 3 heterocycles. The summed E-state index contributed by atoms with van der Waals surface area (Å²) in [6, 6.07) is 3.83.